The first-order chi connectivity index (χ1) is 13.3. The number of hydrogen-bond donors (Lipinski definition) is 2. The van der Waals surface area contributed by atoms with E-state index in [2.05, 4.69) is 15.6 Å². The maximum atomic E-state index is 5.96. The minimum Gasteiger partial charge on any atom is -0.497 e. The summed E-state index contributed by atoms with van der Waals surface area (Å²) in [6.07, 6.45) is 8.75. The van der Waals surface area contributed by atoms with E-state index >= 15 is 0 Å². The zero-order valence-corrected chi connectivity index (χ0v) is 17.1. The first kappa shape index (κ1) is 21.4. The molecule has 1 aliphatic rings. The van der Waals surface area contributed by atoms with Gasteiger partial charge < -0.3 is 24.8 Å². The minimum absolute atomic E-state index is 0.481. The van der Waals surface area contributed by atoms with Crippen molar-refractivity contribution in [1.82, 2.24) is 10.6 Å². The predicted octanol–water partition coefficient (Wildman–Crippen LogP) is 3.15. The van der Waals surface area contributed by atoms with Gasteiger partial charge in [0.05, 0.1) is 20.3 Å². The van der Waals surface area contributed by atoms with Crippen LogP contribution in [0.5, 0.6) is 11.5 Å². The van der Waals surface area contributed by atoms with Crippen LogP contribution in [0.4, 0.5) is 0 Å². The van der Waals surface area contributed by atoms with E-state index in [1.807, 2.05) is 18.2 Å². The summed E-state index contributed by atoms with van der Waals surface area (Å²) in [6.45, 7) is 2.44. The highest BCUT2D eigenvalue weighted by Crippen LogP contribution is 2.24. The monoisotopic (exact) mass is 377 g/mol. The van der Waals surface area contributed by atoms with Crippen LogP contribution in [0, 0.1) is 0 Å². The standard InChI is InChI=1S/C21H35N3O3/c1-22-21(23-13-7-15-27-18-8-5-4-6-9-18)24-14-12-17-16-19(25-2)10-11-20(17)26-3/h10-11,16,18H,4-9,12-15H2,1-3H3,(H2,22,23,24). The van der Waals surface area contributed by atoms with Crippen molar-refractivity contribution in [3.05, 3.63) is 23.8 Å². The van der Waals surface area contributed by atoms with Gasteiger partial charge in [-0.15, -0.1) is 0 Å². The molecule has 0 radical (unpaired) electrons. The van der Waals surface area contributed by atoms with Crippen LogP contribution < -0.4 is 20.1 Å². The van der Waals surface area contributed by atoms with Crippen molar-refractivity contribution in [2.45, 2.75) is 51.0 Å². The minimum atomic E-state index is 0.481. The van der Waals surface area contributed by atoms with Gasteiger partial charge in [-0.05, 0) is 49.4 Å². The number of aliphatic imine (C=N–C) groups is 1. The first-order valence-corrected chi connectivity index (χ1v) is 10.0. The van der Waals surface area contributed by atoms with E-state index in [4.69, 9.17) is 14.2 Å². The summed E-state index contributed by atoms with van der Waals surface area (Å²) in [6, 6.07) is 5.86. The summed E-state index contributed by atoms with van der Waals surface area (Å²) in [5, 5.41) is 6.70. The predicted molar refractivity (Wildman–Crippen MR) is 110 cm³/mol. The van der Waals surface area contributed by atoms with E-state index in [0.717, 1.165) is 55.6 Å². The van der Waals surface area contributed by atoms with Crippen LogP contribution in [0.25, 0.3) is 0 Å². The molecule has 27 heavy (non-hydrogen) atoms. The zero-order chi connectivity index (χ0) is 19.3. The van der Waals surface area contributed by atoms with Gasteiger partial charge in [0.15, 0.2) is 5.96 Å². The third-order valence-electron chi connectivity index (χ3n) is 4.92. The average molecular weight is 378 g/mol. The van der Waals surface area contributed by atoms with Gasteiger partial charge in [-0.3, -0.25) is 4.99 Å². The van der Waals surface area contributed by atoms with E-state index in [-0.39, 0.29) is 0 Å². The molecule has 0 amide bonds. The highest BCUT2D eigenvalue weighted by molar-refractivity contribution is 5.79. The molecule has 1 aromatic rings. The maximum absolute atomic E-state index is 5.96. The molecule has 1 aliphatic carbocycles. The number of benzene rings is 1. The van der Waals surface area contributed by atoms with Gasteiger partial charge in [0.1, 0.15) is 11.5 Å². The van der Waals surface area contributed by atoms with Crippen LogP contribution in [0.15, 0.2) is 23.2 Å². The van der Waals surface area contributed by atoms with Crippen molar-refractivity contribution in [3.8, 4) is 11.5 Å². The largest absolute Gasteiger partial charge is 0.497 e. The lowest BCUT2D eigenvalue weighted by atomic mass is 9.98. The Morgan fingerprint density at radius 2 is 1.85 bits per heavy atom. The first-order valence-electron chi connectivity index (χ1n) is 10.0. The van der Waals surface area contributed by atoms with E-state index in [0.29, 0.717) is 6.10 Å². The van der Waals surface area contributed by atoms with Crippen molar-refractivity contribution in [2.24, 2.45) is 4.99 Å². The summed E-state index contributed by atoms with van der Waals surface area (Å²) >= 11 is 0. The van der Waals surface area contributed by atoms with Crippen LogP contribution in [0.2, 0.25) is 0 Å². The molecule has 6 heteroatoms. The summed E-state index contributed by atoms with van der Waals surface area (Å²) in [4.78, 5) is 4.28. The van der Waals surface area contributed by atoms with Gasteiger partial charge in [0.2, 0.25) is 0 Å². The lowest BCUT2D eigenvalue weighted by Gasteiger charge is -2.22. The Balaban J connectivity index is 1.64. The quantitative estimate of drug-likeness (QED) is 0.373. The Bertz CT molecular complexity index is 572. The van der Waals surface area contributed by atoms with E-state index < -0.39 is 0 Å². The highest BCUT2D eigenvalue weighted by Gasteiger charge is 2.13. The van der Waals surface area contributed by atoms with Crippen molar-refractivity contribution in [1.29, 1.82) is 0 Å². The summed E-state index contributed by atoms with van der Waals surface area (Å²) in [5.74, 6) is 2.53. The second kappa shape index (κ2) is 12.4. The molecule has 0 heterocycles. The third-order valence-corrected chi connectivity index (χ3v) is 4.92. The zero-order valence-electron chi connectivity index (χ0n) is 17.1. The van der Waals surface area contributed by atoms with E-state index in [9.17, 15) is 0 Å². The molecule has 2 rings (SSSR count). The molecule has 2 N–H and O–H groups in total. The van der Waals surface area contributed by atoms with Gasteiger partial charge >= 0.3 is 0 Å². The molecular weight excluding hydrogens is 342 g/mol. The molecule has 0 spiro atoms. The smallest absolute Gasteiger partial charge is 0.190 e. The Morgan fingerprint density at radius 3 is 2.56 bits per heavy atom. The number of ether oxygens (including phenoxy) is 3. The van der Waals surface area contributed by atoms with Crippen molar-refractivity contribution >= 4 is 5.96 Å². The Kier molecular flexibility index (Phi) is 9.84. The number of guanidine groups is 1. The molecular formula is C21H35N3O3. The van der Waals surface area contributed by atoms with Gasteiger partial charge in [-0.25, -0.2) is 0 Å². The second-order valence-corrected chi connectivity index (χ2v) is 6.84. The maximum Gasteiger partial charge on any atom is 0.190 e. The van der Waals surface area contributed by atoms with Crippen LogP contribution >= 0.6 is 0 Å². The fraction of sp³-hybridized carbons (Fsp3) is 0.667. The molecule has 1 fully saturated rings. The number of nitrogens with one attached hydrogen (secondary N) is 2. The van der Waals surface area contributed by atoms with Crippen molar-refractivity contribution < 1.29 is 14.2 Å². The SMILES string of the molecule is CN=C(NCCCOC1CCCCC1)NCCc1cc(OC)ccc1OC. The van der Waals surface area contributed by atoms with Crippen molar-refractivity contribution in [2.75, 3.05) is 41.0 Å². The van der Waals surface area contributed by atoms with Crippen LogP contribution in [0.3, 0.4) is 0 Å². The Morgan fingerprint density at radius 1 is 1.07 bits per heavy atom. The molecule has 6 nitrogen and oxygen atoms in total. The number of rotatable bonds is 10. The molecule has 0 aliphatic heterocycles. The number of hydrogen-bond acceptors (Lipinski definition) is 4. The van der Waals surface area contributed by atoms with Gasteiger partial charge in [-0.1, -0.05) is 19.3 Å². The van der Waals surface area contributed by atoms with Gasteiger partial charge in [-0.2, -0.15) is 0 Å². The molecule has 0 atom stereocenters. The molecule has 1 aromatic carbocycles. The van der Waals surface area contributed by atoms with Gasteiger partial charge in [0, 0.05) is 26.7 Å². The molecule has 0 saturated heterocycles. The molecule has 1 saturated carbocycles. The molecule has 0 aromatic heterocycles. The van der Waals surface area contributed by atoms with Gasteiger partial charge in [0.25, 0.3) is 0 Å². The van der Waals surface area contributed by atoms with Crippen LogP contribution in [0.1, 0.15) is 44.1 Å². The Hall–Kier alpha value is -1.95. The summed E-state index contributed by atoms with van der Waals surface area (Å²) in [5.41, 5.74) is 1.11. The average Bonchev–Trinajstić information content (AvgIpc) is 2.72. The molecule has 0 bridgehead atoms. The van der Waals surface area contributed by atoms with E-state index in [1.165, 1.54) is 32.1 Å². The number of nitrogens with zero attached hydrogens (tertiary/aromatic N) is 1. The molecule has 152 valence electrons. The fourth-order valence-corrected chi connectivity index (χ4v) is 3.37. The highest BCUT2D eigenvalue weighted by atomic mass is 16.5. The lowest BCUT2D eigenvalue weighted by Crippen LogP contribution is -2.39. The summed E-state index contributed by atoms with van der Waals surface area (Å²) < 4.78 is 16.7. The van der Waals surface area contributed by atoms with Crippen molar-refractivity contribution in [3.63, 3.8) is 0 Å². The second-order valence-electron chi connectivity index (χ2n) is 6.84. The topological polar surface area (TPSA) is 64.1 Å². The number of methoxy groups -OCH3 is 2. The van der Waals surface area contributed by atoms with Crippen LogP contribution in [-0.2, 0) is 11.2 Å². The van der Waals surface area contributed by atoms with E-state index in [1.54, 1.807) is 21.3 Å². The fourth-order valence-electron chi connectivity index (χ4n) is 3.37. The normalized spacial score (nSPS) is 15.4. The lowest BCUT2D eigenvalue weighted by molar-refractivity contribution is 0.0277. The molecule has 0 unspecified atom stereocenters. The third kappa shape index (κ3) is 7.67. The summed E-state index contributed by atoms with van der Waals surface area (Å²) in [7, 11) is 5.15. The van der Waals surface area contributed by atoms with Crippen LogP contribution in [-0.4, -0.2) is 53.0 Å². The Labute approximate surface area is 163 Å².